The number of hydrogen-bond acceptors (Lipinski definition) is 9. The zero-order valence-electron chi connectivity index (χ0n) is 25.4. The van der Waals surface area contributed by atoms with Crippen LogP contribution in [0.1, 0.15) is 57.6 Å². The molecule has 8 rings (SSSR count). The average molecular weight is 594 g/mol. The minimum atomic E-state index is -0.782. The Morgan fingerprint density at radius 3 is 2.37 bits per heavy atom. The van der Waals surface area contributed by atoms with Gasteiger partial charge in [-0.1, -0.05) is 38.1 Å². The molecular weight excluding hydrogens is 550 g/mol. The number of ether oxygens (including phenoxy) is 3. The predicted octanol–water partition coefficient (Wildman–Crippen LogP) is 5.64. The van der Waals surface area contributed by atoms with E-state index < -0.39 is 17.7 Å². The fourth-order valence-electron chi connectivity index (χ4n) is 8.19. The summed E-state index contributed by atoms with van der Waals surface area (Å²) in [4.78, 5) is 27.5. The molecular formula is C33H43N3O7. The third-order valence-corrected chi connectivity index (χ3v) is 10.7. The number of non-ortho nitro benzene ring substituents is 1. The van der Waals surface area contributed by atoms with Gasteiger partial charge in [-0.15, -0.1) is 0 Å². The van der Waals surface area contributed by atoms with Gasteiger partial charge in [0.05, 0.1) is 11.5 Å². The van der Waals surface area contributed by atoms with Crippen LogP contribution in [0.25, 0.3) is 0 Å². The van der Waals surface area contributed by atoms with Gasteiger partial charge in [0.2, 0.25) is 5.79 Å². The summed E-state index contributed by atoms with van der Waals surface area (Å²) in [7, 11) is 0. The van der Waals surface area contributed by atoms with Gasteiger partial charge in [-0.3, -0.25) is 15.0 Å². The minimum Gasteiger partial charge on any atom is -0.369 e. The first kappa shape index (κ1) is 29.1. The molecule has 8 atom stereocenters. The number of nitro benzene ring substituents is 1. The molecule has 2 aromatic carbocycles. The van der Waals surface area contributed by atoms with Crippen molar-refractivity contribution in [1.29, 1.82) is 0 Å². The Bertz CT molecular complexity index is 1300. The van der Waals surface area contributed by atoms with E-state index >= 15 is 0 Å². The van der Waals surface area contributed by atoms with Crippen LogP contribution in [0.2, 0.25) is 0 Å². The van der Waals surface area contributed by atoms with Crippen LogP contribution in [-0.4, -0.2) is 60.0 Å². The zero-order chi connectivity index (χ0) is 29.8. The number of piperazine rings is 1. The van der Waals surface area contributed by atoms with Gasteiger partial charge in [0, 0.05) is 68.8 Å². The number of anilines is 1. The van der Waals surface area contributed by atoms with Gasteiger partial charge >= 0.3 is 0 Å². The van der Waals surface area contributed by atoms with Crippen LogP contribution in [0.3, 0.4) is 0 Å². The Morgan fingerprint density at radius 2 is 1.65 bits per heavy atom. The van der Waals surface area contributed by atoms with Gasteiger partial charge in [-0.2, -0.15) is 0 Å². The van der Waals surface area contributed by atoms with E-state index in [1.54, 1.807) is 12.1 Å². The molecule has 10 nitrogen and oxygen atoms in total. The normalized spacial score (nSPS) is 37.5. The Labute approximate surface area is 253 Å². The van der Waals surface area contributed by atoms with E-state index in [-0.39, 0.29) is 28.7 Å². The highest BCUT2D eigenvalue weighted by atomic mass is 17.3. The van der Waals surface area contributed by atoms with Gasteiger partial charge in [-0.25, -0.2) is 9.78 Å². The van der Waals surface area contributed by atoms with Crippen LogP contribution in [0.15, 0.2) is 48.5 Å². The molecule has 5 saturated heterocycles. The minimum absolute atomic E-state index is 0.127. The van der Waals surface area contributed by atoms with Crippen LogP contribution in [0.5, 0.6) is 0 Å². The second-order valence-corrected chi connectivity index (χ2v) is 13.4. The van der Waals surface area contributed by atoms with Gasteiger partial charge in [0.15, 0.2) is 18.2 Å². The van der Waals surface area contributed by atoms with Crippen LogP contribution in [0.4, 0.5) is 11.4 Å². The lowest BCUT2D eigenvalue weighted by Gasteiger charge is -2.60. The van der Waals surface area contributed by atoms with Crippen LogP contribution < -0.4 is 4.90 Å². The zero-order valence-corrected chi connectivity index (χ0v) is 25.4. The lowest BCUT2D eigenvalue weighted by atomic mass is 9.58. The molecule has 43 heavy (non-hydrogen) atoms. The molecule has 2 aromatic rings. The predicted molar refractivity (Wildman–Crippen MR) is 159 cm³/mol. The fraction of sp³-hybridized carbons (Fsp3) is 0.636. The number of rotatable bonds is 7. The van der Waals surface area contributed by atoms with Gasteiger partial charge in [0.25, 0.3) is 5.69 Å². The number of benzene rings is 2. The van der Waals surface area contributed by atoms with Crippen molar-refractivity contribution in [3.05, 3.63) is 69.8 Å². The third kappa shape index (κ3) is 5.36. The topological polar surface area (TPSA) is 95.8 Å². The average Bonchev–Trinajstić information content (AvgIpc) is 3.25. The van der Waals surface area contributed by atoms with Crippen molar-refractivity contribution in [2.45, 2.75) is 83.6 Å². The highest BCUT2D eigenvalue weighted by molar-refractivity contribution is 5.51. The van der Waals surface area contributed by atoms with Crippen molar-refractivity contribution in [2.24, 2.45) is 23.7 Å². The van der Waals surface area contributed by atoms with Gasteiger partial charge in [-0.05, 0) is 61.3 Å². The second kappa shape index (κ2) is 11.4. The Hall–Kier alpha value is -2.60. The highest BCUT2D eigenvalue weighted by Crippen LogP contribution is 2.60. The maximum absolute atomic E-state index is 10.9. The lowest BCUT2D eigenvalue weighted by molar-refractivity contribution is -0.577. The standard InChI is InChI=1S/C33H43N3O7/c1-22-4-13-29-23(2)30(40-31-33(29)28(22)14-15-32(3,41-31)42-43-33)39-21-25-7-5-24(6-8-25)20-34-16-18-35(19-17-34)26-9-11-27(12-10-26)36(37)38/h5-12,22-23,28-31H,4,13-21H2,1-3H3/t22-,23-,28+,29+,30+,31-,32-,33-/m1/s1. The summed E-state index contributed by atoms with van der Waals surface area (Å²) >= 11 is 0. The van der Waals surface area contributed by atoms with Crippen molar-refractivity contribution < 1.29 is 28.9 Å². The molecule has 6 fully saturated rings. The molecule has 6 aliphatic rings. The quantitative estimate of drug-likeness (QED) is 0.230. The van der Waals surface area contributed by atoms with Crippen molar-refractivity contribution >= 4 is 11.4 Å². The van der Waals surface area contributed by atoms with Crippen LogP contribution in [-0.2, 0) is 37.1 Å². The summed E-state index contributed by atoms with van der Waals surface area (Å²) in [6, 6.07) is 15.5. The Balaban J connectivity index is 0.932. The van der Waals surface area contributed by atoms with E-state index in [9.17, 15) is 10.1 Å². The number of fused-ring (bicyclic) bond motifs is 2. The van der Waals surface area contributed by atoms with Crippen molar-refractivity contribution in [3.8, 4) is 0 Å². The molecule has 0 N–H and O–H groups in total. The molecule has 10 heteroatoms. The van der Waals surface area contributed by atoms with Crippen LogP contribution in [0, 0.1) is 33.8 Å². The van der Waals surface area contributed by atoms with E-state index in [2.05, 4.69) is 47.9 Å². The molecule has 1 aliphatic carbocycles. The number of nitrogens with zero attached hydrogens (tertiary/aromatic N) is 3. The number of nitro groups is 1. The molecule has 0 unspecified atom stereocenters. The summed E-state index contributed by atoms with van der Waals surface area (Å²) in [5, 5.41) is 10.9. The summed E-state index contributed by atoms with van der Waals surface area (Å²) in [6.45, 7) is 11.5. The molecule has 0 radical (unpaired) electrons. The summed E-state index contributed by atoms with van der Waals surface area (Å²) in [6.07, 6.45) is 3.20. The van der Waals surface area contributed by atoms with E-state index in [4.69, 9.17) is 24.0 Å². The fourth-order valence-corrected chi connectivity index (χ4v) is 8.19. The lowest BCUT2D eigenvalue weighted by Crippen LogP contribution is -2.70. The van der Waals surface area contributed by atoms with Crippen LogP contribution >= 0.6 is 0 Å². The van der Waals surface area contributed by atoms with Gasteiger partial charge < -0.3 is 19.1 Å². The first-order valence-corrected chi connectivity index (χ1v) is 15.9. The first-order valence-electron chi connectivity index (χ1n) is 15.9. The molecule has 0 aromatic heterocycles. The summed E-state index contributed by atoms with van der Waals surface area (Å²) in [5.74, 6) is 0.516. The molecule has 1 saturated carbocycles. The molecule has 5 aliphatic heterocycles. The summed E-state index contributed by atoms with van der Waals surface area (Å²) < 4.78 is 19.5. The molecule has 232 valence electrons. The Kier molecular flexibility index (Phi) is 7.72. The largest absolute Gasteiger partial charge is 0.369 e. The monoisotopic (exact) mass is 593 g/mol. The maximum Gasteiger partial charge on any atom is 0.269 e. The maximum atomic E-state index is 10.9. The van der Waals surface area contributed by atoms with E-state index in [1.807, 2.05) is 19.1 Å². The summed E-state index contributed by atoms with van der Waals surface area (Å²) in [5.41, 5.74) is 2.98. The van der Waals surface area contributed by atoms with Gasteiger partial charge in [0.1, 0.15) is 0 Å². The van der Waals surface area contributed by atoms with E-state index in [1.165, 1.54) is 12.0 Å². The van der Waals surface area contributed by atoms with Crippen molar-refractivity contribution in [3.63, 3.8) is 0 Å². The van der Waals surface area contributed by atoms with E-state index in [0.29, 0.717) is 18.4 Å². The molecule has 5 heterocycles. The van der Waals surface area contributed by atoms with Crippen molar-refractivity contribution in [2.75, 3.05) is 31.1 Å². The smallest absolute Gasteiger partial charge is 0.269 e. The molecule has 0 amide bonds. The SMILES string of the molecule is C[C@H]1[C@@H](OCc2ccc(CN3CCN(c4ccc([N+](=O)[O-])cc4)CC3)cc2)O[C@@H]2O[C@@]3(C)CC[C@H]4[C@H](C)CC[C@@H]1[C@@]24OO3. The first-order chi connectivity index (χ1) is 20.7. The molecule has 2 bridgehead atoms. The van der Waals surface area contributed by atoms with Crippen molar-refractivity contribution in [1.82, 2.24) is 4.90 Å². The molecule has 1 spiro atoms. The second-order valence-electron chi connectivity index (χ2n) is 13.4. The highest BCUT2D eigenvalue weighted by Gasteiger charge is 2.69. The Morgan fingerprint density at radius 1 is 0.930 bits per heavy atom. The third-order valence-electron chi connectivity index (χ3n) is 10.7. The van der Waals surface area contributed by atoms with E-state index in [0.717, 1.165) is 63.2 Å². The number of hydrogen-bond donors (Lipinski definition) is 0.